The second-order valence-electron chi connectivity index (χ2n) is 5.20. The average molecular weight is 217 g/mol. The Kier molecular flexibility index (Phi) is 4.00. The van der Waals surface area contributed by atoms with Gasteiger partial charge in [0.25, 0.3) is 0 Å². The quantitative estimate of drug-likeness (QED) is 0.795. The van der Waals surface area contributed by atoms with Crippen LogP contribution in [-0.2, 0) is 0 Å². The number of nitrogens with one attached hydrogen (secondary N) is 1. The number of hydrogen-bond donors (Lipinski definition) is 1. The second kappa shape index (κ2) is 5.49. The van der Waals surface area contributed by atoms with Crippen molar-refractivity contribution < 1.29 is 0 Å². The molecule has 0 aliphatic heterocycles. The van der Waals surface area contributed by atoms with Gasteiger partial charge < -0.3 is 5.32 Å². The first-order chi connectivity index (χ1) is 7.77. The number of rotatable bonds is 5. The molecule has 2 unspecified atom stereocenters. The van der Waals surface area contributed by atoms with E-state index in [9.17, 15) is 0 Å². The van der Waals surface area contributed by atoms with Gasteiger partial charge in [-0.15, -0.1) is 0 Å². The van der Waals surface area contributed by atoms with Crippen LogP contribution in [-0.4, -0.2) is 12.6 Å². The first-order valence-corrected chi connectivity index (χ1v) is 6.55. The second-order valence-corrected chi connectivity index (χ2v) is 5.20. The average Bonchev–Trinajstić information content (AvgIpc) is 2.25. The van der Waals surface area contributed by atoms with Crippen LogP contribution in [0.25, 0.3) is 0 Å². The molecule has 1 saturated carbocycles. The lowest BCUT2D eigenvalue weighted by atomic mass is 9.80. The molecule has 1 heteroatoms. The Morgan fingerprint density at radius 1 is 1.19 bits per heavy atom. The molecule has 1 aliphatic rings. The van der Waals surface area contributed by atoms with Crippen molar-refractivity contribution in [1.29, 1.82) is 0 Å². The summed E-state index contributed by atoms with van der Waals surface area (Å²) in [6, 6.07) is 11.5. The van der Waals surface area contributed by atoms with Crippen molar-refractivity contribution in [3.8, 4) is 0 Å². The van der Waals surface area contributed by atoms with Gasteiger partial charge in [-0.1, -0.05) is 43.7 Å². The molecule has 0 amide bonds. The lowest BCUT2D eigenvalue weighted by molar-refractivity contribution is 0.239. The third-order valence-corrected chi connectivity index (χ3v) is 3.97. The van der Waals surface area contributed by atoms with Gasteiger partial charge in [-0.25, -0.2) is 0 Å². The Morgan fingerprint density at radius 3 is 2.44 bits per heavy atom. The van der Waals surface area contributed by atoms with Crippen LogP contribution in [0.3, 0.4) is 0 Å². The van der Waals surface area contributed by atoms with Crippen molar-refractivity contribution in [1.82, 2.24) is 5.32 Å². The van der Waals surface area contributed by atoms with Crippen LogP contribution in [0.1, 0.15) is 44.6 Å². The van der Waals surface area contributed by atoms with Gasteiger partial charge in [0, 0.05) is 12.6 Å². The number of hydrogen-bond acceptors (Lipinski definition) is 1. The fourth-order valence-corrected chi connectivity index (χ4v) is 2.37. The van der Waals surface area contributed by atoms with Gasteiger partial charge >= 0.3 is 0 Å². The summed E-state index contributed by atoms with van der Waals surface area (Å²) in [6.45, 7) is 5.74. The van der Waals surface area contributed by atoms with E-state index >= 15 is 0 Å². The summed E-state index contributed by atoms with van der Waals surface area (Å²) in [6.07, 6.45) is 4.28. The Hall–Kier alpha value is -0.820. The molecule has 2 atom stereocenters. The van der Waals surface area contributed by atoms with E-state index in [1.165, 1.54) is 24.8 Å². The first kappa shape index (κ1) is 11.7. The third-order valence-electron chi connectivity index (χ3n) is 3.97. The first-order valence-electron chi connectivity index (χ1n) is 6.55. The van der Waals surface area contributed by atoms with Crippen molar-refractivity contribution in [2.75, 3.05) is 6.54 Å². The van der Waals surface area contributed by atoms with Crippen molar-refractivity contribution >= 4 is 0 Å². The van der Waals surface area contributed by atoms with E-state index in [2.05, 4.69) is 49.5 Å². The maximum absolute atomic E-state index is 3.68. The van der Waals surface area contributed by atoms with Gasteiger partial charge in [0.05, 0.1) is 0 Å². The normalized spacial score (nSPS) is 20.1. The summed E-state index contributed by atoms with van der Waals surface area (Å²) >= 11 is 0. The van der Waals surface area contributed by atoms with Gasteiger partial charge in [0.2, 0.25) is 0 Å². The molecule has 1 aliphatic carbocycles. The fourth-order valence-electron chi connectivity index (χ4n) is 2.37. The molecule has 0 heterocycles. The molecule has 0 spiro atoms. The van der Waals surface area contributed by atoms with Crippen LogP contribution in [0.5, 0.6) is 0 Å². The summed E-state index contributed by atoms with van der Waals surface area (Å²) < 4.78 is 0. The molecule has 1 fully saturated rings. The molecule has 0 saturated heterocycles. The van der Waals surface area contributed by atoms with Crippen LogP contribution < -0.4 is 5.32 Å². The lowest BCUT2D eigenvalue weighted by Gasteiger charge is -2.32. The SMILES string of the molecule is CC(CNC(C)C1CCC1)c1ccccc1. The predicted molar refractivity (Wildman–Crippen MR) is 69.7 cm³/mol. The molecule has 88 valence electrons. The van der Waals surface area contributed by atoms with Gasteiger partial charge in [-0.3, -0.25) is 0 Å². The van der Waals surface area contributed by atoms with E-state index < -0.39 is 0 Å². The largest absolute Gasteiger partial charge is 0.313 e. The van der Waals surface area contributed by atoms with Gasteiger partial charge in [0.1, 0.15) is 0 Å². The molecule has 16 heavy (non-hydrogen) atoms. The highest BCUT2D eigenvalue weighted by Crippen LogP contribution is 2.29. The molecule has 1 nitrogen and oxygen atoms in total. The molecule has 0 bridgehead atoms. The van der Waals surface area contributed by atoms with Crippen LogP contribution in [0.2, 0.25) is 0 Å². The minimum atomic E-state index is 0.615. The van der Waals surface area contributed by atoms with Crippen LogP contribution in [0.4, 0.5) is 0 Å². The summed E-state index contributed by atoms with van der Waals surface area (Å²) in [5.41, 5.74) is 1.44. The molecule has 1 aromatic rings. The van der Waals surface area contributed by atoms with Crippen molar-refractivity contribution in [3.63, 3.8) is 0 Å². The topological polar surface area (TPSA) is 12.0 Å². The maximum atomic E-state index is 3.68. The lowest BCUT2D eigenvalue weighted by Crippen LogP contribution is -2.38. The van der Waals surface area contributed by atoms with E-state index in [1.54, 1.807) is 0 Å². The molecule has 0 radical (unpaired) electrons. The highest BCUT2D eigenvalue weighted by molar-refractivity contribution is 5.19. The molecule has 0 aromatic heterocycles. The molecule has 2 rings (SSSR count). The minimum Gasteiger partial charge on any atom is -0.313 e. The Bertz CT molecular complexity index is 302. The van der Waals surface area contributed by atoms with E-state index in [4.69, 9.17) is 0 Å². The Morgan fingerprint density at radius 2 is 1.88 bits per heavy atom. The van der Waals surface area contributed by atoms with Crippen LogP contribution in [0.15, 0.2) is 30.3 Å². The summed E-state index contributed by atoms with van der Waals surface area (Å²) in [5, 5.41) is 3.68. The number of benzene rings is 1. The standard InChI is InChI=1S/C15H23N/c1-12(14-7-4-3-5-8-14)11-16-13(2)15-9-6-10-15/h3-5,7-8,12-13,15-16H,6,9-11H2,1-2H3. The monoisotopic (exact) mass is 217 g/mol. The van der Waals surface area contributed by atoms with E-state index in [0.717, 1.165) is 12.5 Å². The molecule has 1 N–H and O–H groups in total. The Balaban J connectivity index is 1.77. The Labute approximate surface area is 99.3 Å². The zero-order valence-corrected chi connectivity index (χ0v) is 10.4. The zero-order chi connectivity index (χ0) is 11.4. The highest BCUT2D eigenvalue weighted by Gasteiger charge is 2.23. The summed E-state index contributed by atoms with van der Waals surface area (Å²) in [7, 11) is 0. The molecular formula is C15H23N. The van der Waals surface area contributed by atoms with Gasteiger partial charge in [-0.05, 0) is 37.2 Å². The van der Waals surface area contributed by atoms with Crippen molar-refractivity contribution in [2.24, 2.45) is 5.92 Å². The van der Waals surface area contributed by atoms with E-state index in [1.807, 2.05) is 0 Å². The third kappa shape index (κ3) is 2.85. The fraction of sp³-hybridized carbons (Fsp3) is 0.600. The van der Waals surface area contributed by atoms with Gasteiger partial charge in [-0.2, -0.15) is 0 Å². The van der Waals surface area contributed by atoms with Crippen LogP contribution in [0, 0.1) is 5.92 Å². The maximum Gasteiger partial charge on any atom is 0.00672 e. The summed E-state index contributed by atoms with van der Waals surface area (Å²) in [4.78, 5) is 0. The predicted octanol–water partition coefficient (Wildman–Crippen LogP) is 3.57. The van der Waals surface area contributed by atoms with Crippen molar-refractivity contribution in [3.05, 3.63) is 35.9 Å². The van der Waals surface area contributed by atoms with E-state index in [0.29, 0.717) is 12.0 Å². The highest BCUT2D eigenvalue weighted by atomic mass is 14.9. The van der Waals surface area contributed by atoms with Gasteiger partial charge in [0.15, 0.2) is 0 Å². The molecule has 1 aromatic carbocycles. The van der Waals surface area contributed by atoms with Crippen molar-refractivity contribution in [2.45, 2.75) is 45.1 Å². The minimum absolute atomic E-state index is 0.615. The zero-order valence-electron chi connectivity index (χ0n) is 10.4. The smallest absolute Gasteiger partial charge is 0.00672 e. The summed E-state index contributed by atoms with van der Waals surface area (Å²) in [5.74, 6) is 1.55. The van der Waals surface area contributed by atoms with Crippen LogP contribution >= 0.6 is 0 Å². The molecular weight excluding hydrogens is 194 g/mol. The van der Waals surface area contributed by atoms with E-state index in [-0.39, 0.29) is 0 Å².